The van der Waals surface area contributed by atoms with Crippen LogP contribution in [0.3, 0.4) is 0 Å². The molecule has 0 spiro atoms. The van der Waals surface area contributed by atoms with E-state index in [4.69, 9.17) is 37.4 Å². The topological polar surface area (TPSA) is 107 Å². The summed E-state index contributed by atoms with van der Waals surface area (Å²) in [6, 6.07) is 10.8. The molecule has 11 heteroatoms. The van der Waals surface area contributed by atoms with Gasteiger partial charge in [-0.1, -0.05) is 73.5 Å². The number of ether oxygens (including phenoxy) is 3. The van der Waals surface area contributed by atoms with Gasteiger partial charge >= 0.3 is 5.97 Å². The highest BCUT2D eigenvalue weighted by molar-refractivity contribution is 7.18. The number of carboxylic acids is 1. The van der Waals surface area contributed by atoms with Crippen LogP contribution in [0.2, 0.25) is 10.0 Å². The molecule has 3 aromatic rings. The summed E-state index contributed by atoms with van der Waals surface area (Å²) in [6.07, 6.45) is 2.95. The van der Waals surface area contributed by atoms with Gasteiger partial charge in [-0.25, -0.2) is 9.78 Å². The molecule has 8 nitrogen and oxygen atoms in total. The molecule has 1 aromatic heterocycles. The molecular formula is C29H32Cl2N2O6S. The number of nitrogens with one attached hydrogen (secondary N) is 1. The minimum Gasteiger partial charge on any atom is -0.490 e. The Hall–Kier alpha value is -3.11. The van der Waals surface area contributed by atoms with Gasteiger partial charge in [-0.3, -0.25) is 10.1 Å². The first-order chi connectivity index (χ1) is 18.9. The zero-order valence-corrected chi connectivity index (χ0v) is 25.3. The summed E-state index contributed by atoms with van der Waals surface area (Å²) >= 11 is 13.8. The molecule has 1 heterocycles. The summed E-state index contributed by atoms with van der Waals surface area (Å²) in [5, 5.41) is 13.0. The fourth-order valence-corrected chi connectivity index (χ4v) is 5.07. The van der Waals surface area contributed by atoms with E-state index in [9.17, 15) is 14.7 Å². The highest BCUT2D eigenvalue weighted by Gasteiger charge is 2.19. The maximum absolute atomic E-state index is 13.0. The van der Waals surface area contributed by atoms with Crippen molar-refractivity contribution in [1.29, 1.82) is 0 Å². The van der Waals surface area contributed by atoms with Gasteiger partial charge in [0.05, 0.1) is 30.9 Å². The number of benzene rings is 2. The van der Waals surface area contributed by atoms with Crippen LogP contribution in [0, 0.1) is 5.41 Å². The zero-order valence-electron chi connectivity index (χ0n) is 23.0. The number of carbonyl (C=O) groups excluding carboxylic acids is 1. The lowest BCUT2D eigenvalue weighted by Crippen LogP contribution is -2.15. The maximum atomic E-state index is 13.0. The lowest BCUT2D eigenvalue weighted by atomic mass is 9.99. The molecule has 214 valence electrons. The second-order valence-corrected chi connectivity index (χ2v) is 11.9. The maximum Gasteiger partial charge on any atom is 0.371 e. The highest BCUT2D eigenvalue weighted by atomic mass is 35.5. The van der Waals surface area contributed by atoms with Crippen LogP contribution in [-0.4, -0.2) is 49.4 Å². The molecule has 0 saturated carbocycles. The van der Waals surface area contributed by atoms with E-state index in [0.717, 1.165) is 30.6 Å². The van der Waals surface area contributed by atoms with Crippen molar-refractivity contribution in [2.45, 2.75) is 33.6 Å². The Morgan fingerprint density at radius 2 is 1.82 bits per heavy atom. The van der Waals surface area contributed by atoms with Gasteiger partial charge in [0.2, 0.25) is 10.8 Å². The van der Waals surface area contributed by atoms with Gasteiger partial charge in [-0.15, -0.1) is 0 Å². The summed E-state index contributed by atoms with van der Waals surface area (Å²) in [6.45, 7) is 7.85. The number of aliphatic carboxylic acids is 1. The van der Waals surface area contributed by atoms with E-state index in [-0.39, 0.29) is 32.3 Å². The summed E-state index contributed by atoms with van der Waals surface area (Å²) in [4.78, 5) is 28.9. The first kappa shape index (κ1) is 31.4. The Morgan fingerprint density at radius 3 is 2.42 bits per heavy atom. The number of amides is 1. The third-order valence-electron chi connectivity index (χ3n) is 5.54. The van der Waals surface area contributed by atoms with Crippen molar-refractivity contribution in [3.05, 3.63) is 68.9 Å². The predicted molar refractivity (Wildman–Crippen MR) is 160 cm³/mol. The normalized spacial score (nSPS) is 11.8. The number of carbonyl (C=O) groups is 2. The second kappa shape index (κ2) is 14.0. The Labute approximate surface area is 247 Å². The van der Waals surface area contributed by atoms with Crippen LogP contribution in [0.15, 0.2) is 42.2 Å². The number of hydrogen-bond donors (Lipinski definition) is 2. The van der Waals surface area contributed by atoms with Crippen LogP contribution in [0.4, 0.5) is 5.13 Å². The lowest BCUT2D eigenvalue weighted by Gasteiger charge is -2.17. The van der Waals surface area contributed by atoms with E-state index in [1.807, 2.05) is 12.1 Å². The lowest BCUT2D eigenvalue weighted by molar-refractivity contribution is -0.135. The average Bonchev–Trinajstić information content (AvgIpc) is 3.30. The number of nitrogens with zero attached hydrogens (tertiary/aromatic N) is 1. The van der Waals surface area contributed by atoms with Gasteiger partial charge in [0.15, 0.2) is 5.13 Å². The Bertz CT molecular complexity index is 1370. The number of halogens is 2. The van der Waals surface area contributed by atoms with E-state index in [0.29, 0.717) is 22.5 Å². The summed E-state index contributed by atoms with van der Waals surface area (Å²) in [5.74, 6) is -2.11. The van der Waals surface area contributed by atoms with Gasteiger partial charge in [0, 0.05) is 23.3 Å². The van der Waals surface area contributed by atoms with Crippen molar-refractivity contribution in [3.8, 4) is 16.3 Å². The molecule has 0 saturated heterocycles. The van der Waals surface area contributed by atoms with Crippen LogP contribution in [0.25, 0.3) is 17.3 Å². The standard InChI is InChI=1S/C29H32Cl2N2O6S/c1-29(2,3)16-39-11-7-9-17-8-6-10-18(12-17)24-27(38-5)40-28(32-24)33-25(34)19-13-21(30)20(22(31)14-19)15-23(37-4)26(35)36/h6,8,10,12-15H,7,9,11,16H2,1-5H3,(H,35,36)(H,32,33,34)/b23-15-. The number of thiazole rings is 1. The molecule has 0 bridgehead atoms. The number of carboxylic acid groups (broad SMARTS) is 1. The quantitative estimate of drug-likeness (QED) is 0.125. The third kappa shape index (κ3) is 8.69. The molecule has 40 heavy (non-hydrogen) atoms. The van der Waals surface area contributed by atoms with Gasteiger partial charge in [0.1, 0.15) is 5.69 Å². The predicted octanol–water partition coefficient (Wildman–Crippen LogP) is 7.45. The van der Waals surface area contributed by atoms with Crippen LogP contribution in [0.1, 0.15) is 48.7 Å². The molecular weight excluding hydrogens is 575 g/mol. The smallest absolute Gasteiger partial charge is 0.371 e. The number of methoxy groups -OCH3 is 2. The molecule has 0 unspecified atom stereocenters. The molecule has 0 fully saturated rings. The monoisotopic (exact) mass is 606 g/mol. The first-order valence-electron chi connectivity index (χ1n) is 12.4. The van der Waals surface area contributed by atoms with Gasteiger partial charge < -0.3 is 19.3 Å². The van der Waals surface area contributed by atoms with Crippen LogP contribution in [0.5, 0.6) is 5.06 Å². The molecule has 3 rings (SSSR count). The first-order valence-corrected chi connectivity index (χ1v) is 14.0. The van der Waals surface area contributed by atoms with Crippen molar-refractivity contribution in [3.63, 3.8) is 0 Å². The van der Waals surface area contributed by atoms with Crippen LogP contribution in [-0.2, 0) is 20.7 Å². The minimum absolute atomic E-state index is 0.0893. The molecule has 1 amide bonds. The number of anilines is 1. The number of rotatable bonds is 12. The largest absolute Gasteiger partial charge is 0.490 e. The van der Waals surface area contributed by atoms with E-state index in [2.05, 4.69) is 43.2 Å². The molecule has 0 aliphatic heterocycles. The zero-order chi connectivity index (χ0) is 29.4. The van der Waals surface area contributed by atoms with Gasteiger partial charge in [0.25, 0.3) is 5.91 Å². The van der Waals surface area contributed by atoms with Crippen molar-refractivity contribution in [2.75, 3.05) is 32.8 Å². The van der Waals surface area contributed by atoms with E-state index in [1.165, 1.54) is 36.7 Å². The van der Waals surface area contributed by atoms with Crippen molar-refractivity contribution in [1.82, 2.24) is 4.98 Å². The number of hydrogen-bond acceptors (Lipinski definition) is 7. The fourth-order valence-electron chi connectivity index (χ4n) is 3.67. The third-order valence-corrected chi connectivity index (χ3v) is 7.10. The SMILES string of the molecule is CO/C(=C\c1c(Cl)cc(C(=O)Nc2nc(-c3cccc(CCCOCC(C)(C)C)c3)c(OC)s2)cc1Cl)C(=O)O. The fraction of sp³-hybridized carbons (Fsp3) is 0.345. The van der Waals surface area contributed by atoms with Crippen molar-refractivity contribution >= 4 is 57.6 Å². The Morgan fingerprint density at radius 1 is 1.12 bits per heavy atom. The molecule has 0 atom stereocenters. The van der Waals surface area contributed by atoms with Crippen LogP contribution < -0.4 is 10.1 Å². The summed E-state index contributed by atoms with van der Waals surface area (Å²) in [5.41, 5.74) is 3.17. The average molecular weight is 608 g/mol. The van der Waals surface area contributed by atoms with E-state index in [1.54, 1.807) is 7.11 Å². The van der Waals surface area contributed by atoms with E-state index < -0.39 is 11.9 Å². The van der Waals surface area contributed by atoms with E-state index >= 15 is 0 Å². The van der Waals surface area contributed by atoms with Crippen molar-refractivity contribution in [2.24, 2.45) is 5.41 Å². The van der Waals surface area contributed by atoms with Crippen LogP contribution >= 0.6 is 34.5 Å². The van der Waals surface area contributed by atoms with Gasteiger partial charge in [-0.05, 0) is 48.1 Å². The highest BCUT2D eigenvalue weighted by Crippen LogP contribution is 2.38. The minimum atomic E-state index is -1.28. The molecule has 2 N–H and O–H groups in total. The Kier molecular flexibility index (Phi) is 11.0. The Balaban J connectivity index is 1.75. The summed E-state index contributed by atoms with van der Waals surface area (Å²) < 4.78 is 16.2. The number of aromatic nitrogens is 1. The van der Waals surface area contributed by atoms with Gasteiger partial charge in [-0.2, -0.15) is 0 Å². The summed E-state index contributed by atoms with van der Waals surface area (Å²) in [7, 11) is 2.77. The van der Waals surface area contributed by atoms with Crippen molar-refractivity contribution < 1.29 is 28.9 Å². The molecule has 0 aliphatic carbocycles. The second-order valence-electron chi connectivity index (χ2n) is 10.1. The molecule has 0 aliphatic rings. The number of aryl methyl sites for hydroxylation is 1. The molecule has 2 aromatic carbocycles. The molecule has 0 radical (unpaired) electrons.